The number of nitrogens with zero attached hydrogens (tertiary/aromatic N) is 1. The molecule has 1 aromatic heterocycles. The van der Waals surface area contributed by atoms with Crippen LogP contribution in [-0.4, -0.2) is 12.1 Å². The first-order valence-electron chi connectivity index (χ1n) is 7.00. The summed E-state index contributed by atoms with van der Waals surface area (Å²) >= 11 is 0. The monoisotopic (exact) mass is 278 g/mol. The maximum Gasteiger partial charge on any atom is 0.123 e. The molecule has 0 saturated heterocycles. The van der Waals surface area contributed by atoms with E-state index in [9.17, 15) is 0 Å². The van der Waals surface area contributed by atoms with Gasteiger partial charge in [0.1, 0.15) is 5.75 Å². The van der Waals surface area contributed by atoms with Crippen LogP contribution >= 0.6 is 0 Å². The maximum absolute atomic E-state index is 5.77. The van der Waals surface area contributed by atoms with Crippen molar-refractivity contribution in [2.24, 2.45) is 5.73 Å². The largest absolute Gasteiger partial charge is 0.496 e. The lowest BCUT2D eigenvalue weighted by Gasteiger charge is -2.09. The van der Waals surface area contributed by atoms with Crippen LogP contribution in [0.4, 0.5) is 0 Å². The van der Waals surface area contributed by atoms with Gasteiger partial charge in [0, 0.05) is 29.6 Å². The van der Waals surface area contributed by atoms with Crippen LogP contribution in [0, 0.1) is 0 Å². The summed E-state index contributed by atoms with van der Waals surface area (Å²) in [5.74, 6) is 0.840. The Morgan fingerprint density at radius 2 is 1.90 bits per heavy atom. The number of aromatic nitrogens is 1. The molecule has 0 bridgehead atoms. The van der Waals surface area contributed by atoms with E-state index in [0.717, 1.165) is 28.9 Å². The molecule has 3 aromatic rings. The highest BCUT2D eigenvalue weighted by Gasteiger charge is 2.05. The third-order valence-corrected chi connectivity index (χ3v) is 3.61. The third kappa shape index (κ3) is 2.88. The van der Waals surface area contributed by atoms with Gasteiger partial charge < -0.3 is 10.5 Å². The van der Waals surface area contributed by atoms with Crippen LogP contribution in [0.15, 0.2) is 54.6 Å². The average Bonchev–Trinajstić information content (AvgIpc) is 2.54. The van der Waals surface area contributed by atoms with Crippen LogP contribution in [0.5, 0.6) is 5.75 Å². The zero-order chi connectivity index (χ0) is 14.7. The molecular weight excluding hydrogens is 260 g/mol. The fourth-order valence-electron chi connectivity index (χ4n) is 2.52. The number of fused-ring (bicyclic) bond motifs is 1. The average molecular weight is 278 g/mol. The standard InChI is InChI=1S/C18H18N2O/c1-21-18-9-6-13(10-15(18)12-19)11-16-8-7-14-4-2-3-5-17(14)20-16/h2-10H,11-12,19H2,1H3. The number of hydrogen-bond donors (Lipinski definition) is 1. The van der Waals surface area contributed by atoms with Crippen LogP contribution in [0.3, 0.4) is 0 Å². The molecule has 0 fully saturated rings. The van der Waals surface area contributed by atoms with E-state index in [0.29, 0.717) is 6.54 Å². The molecule has 3 rings (SSSR count). The summed E-state index contributed by atoms with van der Waals surface area (Å²) in [5.41, 5.74) is 10.1. The van der Waals surface area contributed by atoms with Crippen molar-refractivity contribution in [3.8, 4) is 5.75 Å². The predicted molar refractivity (Wildman–Crippen MR) is 85.4 cm³/mol. The highest BCUT2D eigenvalue weighted by atomic mass is 16.5. The topological polar surface area (TPSA) is 48.1 Å². The Bertz CT molecular complexity index is 768. The zero-order valence-electron chi connectivity index (χ0n) is 12.0. The summed E-state index contributed by atoms with van der Waals surface area (Å²) in [6.07, 6.45) is 0.793. The first-order chi connectivity index (χ1) is 10.3. The number of hydrogen-bond acceptors (Lipinski definition) is 3. The fourth-order valence-corrected chi connectivity index (χ4v) is 2.52. The number of benzene rings is 2. The second-order valence-corrected chi connectivity index (χ2v) is 5.02. The lowest BCUT2D eigenvalue weighted by atomic mass is 10.0. The Hall–Kier alpha value is -2.39. The Morgan fingerprint density at radius 1 is 1.05 bits per heavy atom. The van der Waals surface area contributed by atoms with Crippen molar-refractivity contribution in [2.45, 2.75) is 13.0 Å². The molecule has 0 radical (unpaired) electrons. The predicted octanol–water partition coefficient (Wildman–Crippen LogP) is 3.29. The van der Waals surface area contributed by atoms with Crippen LogP contribution in [0.2, 0.25) is 0 Å². The molecule has 2 N–H and O–H groups in total. The molecule has 0 saturated carbocycles. The second kappa shape index (κ2) is 5.94. The molecule has 0 atom stereocenters. The van der Waals surface area contributed by atoms with Gasteiger partial charge in [-0.1, -0.05) is 36.4 Å². The highest BCUT2D eigenvalue weighted by molar-refractivity contribution is 5.78. The Labute approximate surface area is 124 Å². The van der Waals surface area contributed by atoms with E-state index in [1.807, 2.05) is 24.3 Å². The first-order valence-corrected chi connectivity index (χ1v) is 7.00. The van der Waals surface area contributed by atoms with Gasteiger partial charge in [-0.15, -0.1) is 0 Å². The van der Waals surface area contributed by atoms with E-state index < -0.39 is 0 Å². The fraction of sp³-hybridized carbons (Fsp3) is 0.167. The van der Waals surface area contributed by atoms with E-state index in [-0.39, 0.29) is 0 Å². The number of pyridine rings is 1. The van der Waals surface area contributed by atoms with Gasteiger partial charge in [0.05, 0.1) is 12.6 Å². The molecule has 106 valence electrons. The molecule has 3 heteroatoms. The smallest absolute Gasteiger partial charge is 0.123 e. The van der Waals surface area contributed by atoms with E-state index in [4.69, 9.17) is 15.5 Å². The Kier molecular flexibility index (Phi) is 3.84. The molecular formula is C18H18N2O. The van der Waals surface area contributed by atoms with E-state index >= 15 is 0 Å². The van der Waals surface area contributed by atoms with E-state index in [1.165, 1.54) is 10.9 Å². The number of nitrogens with two attached hydrogens (primary N) is 1. The molecule has 1 heterocycles. The molecule has 3 nitrogen and oxygen atoms in total. The van der Waals surface area contributed by atoms with Crippen LogP contribution in [-0.2, 0) is 13.0 Å². The summed E-state index contributed by atoms with van der Waals surface area (Å²) in [7, 11) is 1.67. The number of para-hydroxylation sites is 1. The second-order valence-electron chi connectivity index (χ2n) is 5.02. The van der Waals surface area contributed by atoms with Gasteiger partial charge >= 0.3 is 0 Å². The quantitative estimate of drug-likeness (QED) is 0.796. The van der Waals surface area contributed by atoms with Crippen molar-refractivity contribution in [2.75, 3.05) is 7.11 Å². The molecule has 2 aromatic carbocycles. The van der Waals surface area contributed by atoms with E-state index in [2.05, 4.69) is 30.3 Å². The maximum atomic E-state index is 5.77. The van der Waals surface area contributed by atoms with Gasteiger partial charge in [-0.25, -0.2) is 0 Å². The molecule has 0 aliphatic carbocycles. The van der Waals surface area contributed by atoms with Crippen LogP contribution in [0.1, 0.15) is 16.8 Å². The van der Waals surface area contributed by atoms with Crippen molar-refractivity contribution < 1.29 is 4.74 Å². The van der Waals surface area contributed by atoms with Gasteiger partial charge in [0.2, 0.25) is 0 Å². The first kappa shape index (κ1) is 13.6. The van der Waals surface area contributed by atoms with Gasteiger partial charge in [0.15, 0.2) is 0 Å². The van der Waals surface area contributed by atoms with Crippen molar-refractivity contribution in [3.05, 3.63) is 71.4 Å². The van der Waals surface area contributed by atoms with Crippen molar-refractivity contribution in [1.82, 2.24) is 4.98 Å². The Morgan fingerprint density at radius 3 is 2.71 bits per heavy atom. The van der Waals surface area contributed by atoms with E-state index in [1.54, 1.807) is 7.11 Å². The van der Waals surface area contributed by atoms with Gasteiger partial charge in [-0.05, 0) is 23.8 Å². The minimum absolute atomic E-state index is 0.474. The lowest BCUT2D eigenvalue weighted by molar-refractivity contribution is 0.409. The SMILES string of the molecule is COc1ccc(Cc2ccc3ccccc3n2)cc1CN. The summed E-state index contributed by atoms with van der Waals surface area (Å²) in [4.78, 5) is 4.71. The molecule has 0 spiro atoms. The molecule has 0 aliphatic rings. The lowest BCUT2D eigenvalue weighted by Crippen LogP contribution is -2.01. The van der Waals surface area contributed by atoms with Gasteiger partial charge in [0.25, 0.3) is 0 Å². The summed E-state index contributed by atoms with van der Waals surface area (Å²) in [6.45, 7) is 0.474. The number of methoxy groups -OCH3 is 1. The number of rotatable bonds is 4. The molecule has 21 heavy (non-hydrogen) atoms. The highest BCUT2D eigenvalue weighted by Crippen LogP contribution is 2.21. The summed E-state index contributed by atoms with van der Waals surface area (Å²) in [5, 5.41) is 1.17. The minimum Gasteiger partial charge on any atom is -0.496 e. The van der Waals surface area contributed by atoms with Crippen LogP contribution in [0.25, 0.3) is 10.9 Å². The van der Waals surface area contributed by atoms with Gasteiger partial charge in [-0.3, -0.25) is 4.98 Å². The number of ether oxygens (including phenoxy) is 1. The van der Waals surface area contributed by atoms with Crippen molar-refractivity contribution in [3.63, 3.8) is 0 Å². The summed E-state index contributed by atoms with van der Waals surface area (Å²) < 4.78 is 5.30. The molecule has 0 amide bonds. The third-order valence-electron chi connectivity index (χ3n) is 3.61. The molecule has 0 aliphatic heterocycles. The minimum atomic E-state index is 0.474. The normalized spacial score (nSPS) is 10.8. The van der Waals surface area contributed by atoms with Gasteiger partial charge in [-0.2, -0.15) is 0 Å². The van der Waals surface area contributed by atoms with Crippen LogP contribution < -0.4 is 10.5 Å². The Balaban J connectivity index is 1.91. The molecule has 0 unspecified atom stereocenters. The van der Waals surface area contributed by atoms with Crippen molar-refractivity contribution in [1.29, 1.82) is 0 Å². The van der Waals surface area contributed by atoms with Crippen molar-refractivity contribution >= 4 is 10.9 Å². The summed E-state index contributed by atoms with van der Waals surface area (Å²) in [6, 6.07) is 18.5. The zero-order valence-corrected chi connectivity index (χ0v) is 12.0.